The first kappa shape index (κ1) is 18.0. The molecule has 0 amide bonds. The predicted octanol–water partition coefficient (Wildman–Crippen LogP) is 4.81. The smallest absolute Gasteiger partial charge is 0.347 e. The summed E-state index contributed by atoms with van der Waals surface area (Å²) in [5.74, 6) is 0.366. The minimum atomic E-state index is -0.490. The summed E-state index contributed by atoms with van der Waals surface area (Å²) >= 11 is 6.00. The molecule has 0 atom stereocenters. The number of carbonyl (C=O) groups excluding carboxylic acids is 1. The van der Waals surface area contributed by atoms with Crippen LogP contribution < -0.4 is 9.47 Å². The highest BCUT2D eigenvalue weighted by molar-refractivity contribution is 6.30. The lowest BCUT2D eigenvalue weighted by atomic mass is 10.2. The zero-order valence-corrected chi connectivity index (χ0v) is 14.3. The van der Waals surface area contributed by atoms with Crippen LogP contribution in [0.1, 0.15) is 30.1 Å². The Labute approximate surface area is 147 Å². The largest absolute Gasteiger partial charge is 0.487 e. The fraction of sp³-hybridized carbons (Fsp3) is 0.263. The summed E-state index contributed by atoms with van der Waals surface area (Å²) in [7, 11) is 0. The first-order chi connectivity index (χ1) is 11.7. The first-order valence-corrected chi connectivity index (χ1v) is 8.26. The van der Waals surface area contributed by atoms with Crippen molar-refractivity contribution in [3.05, 3.63) is 59.1 Å². The van der Waals surface area contributed by atoms with Crippen LogP contribution in [0.25, 0.3) is 0 Å². The number of hydrogen-bond donors (Lipinski definition) is 0. The van der Waals surface area contributed by atoms with Gasteiger partial charge in [-0.15, -0.1) is 0 Å². The second-order valence-electron chi connectivity index (χ2n) is 5.10. The maximum absolute atomic E-state index is 12.3. The molecule has 0 radical (unpaired) electrons. The van der Waals surface area contributed by atoms with Gasteiger partial charge in [0.05, 0.1) is 0 Å². The van der Waals surface area contributed by atoms with Gasteiger partial charge in [-0.25, -0.2) is 4.79 Å². The van der Waals surface area contributed by atoms with Gasteiger partial charge in [0.15, 0.2) is 0 Å². The molecule has 2 aromatic rings. The Morgan fingerprint density at radius 2 is 2.00 bits per heavy atom. The predicted molar refractivity (Wildman–Crippen MR) is 96.6 cm³/mol. The van der Waals surface area contributed by atoms with E-state index in [0.717, 1.165) is 19.4 Å². The van der Waals surface area contributed by atoms with Crippen LogP contribution in [0.2, 0.25) is 5.02 Å². The normalized spacial score (nSPS) is 10.8. The van der Waals surface area contributed by atoms with Crippen molar-refractivity contribution in [1.29, 1.82) is 0 Å². The summed E-state index contributed by atoms with van der Waals surface area (Å²) in [5, 5.41) is 0.490. The van der Waals surface area contributed by atoms with E-state index in [1.54, 1.807) is 48.7 Å². The SMILES string of the molecule is CCCCN=CCOc1cc(Cl)ccc1C(=O)Oc1ccccc1. The number of hydrogen-bond acceptors (Lipinski definition) is 4. The van der Waals surface area contributed by atoms with Gasteiger partial charge in [0.2, 0.25) is 0 Å². The number of para-hydroxylation sites is 1. The molecular weight excluding hydrogens is 326 g/mol. The standard InChI is InChI=1S/C19H20ClNO3/c1-2-3-11-21-12-13-23-18-14-15(20)9-10-17(18)19(22)24-16-7-5-4-6-8-16/h4-10,12,14H,2-3,11,13H2,1H3. The number of rotatable bonds is 8. The van der Waals surface area contributed by atoms with Crippen molar-refractivity contribution in [3.8, 4) is 11.5 Å². The molecule has 0 fully saturated rings. The Balaban J connectivity index is 2.03. The van der Waals surface area contributed by atoms with Gasteiger partial charge in [0.1, 0.15) is 23.7 Å². The number of aliphatic imine (C=N–C) groups is 1. The van der Waals surface area contributed by atoms with Crippen LogP contribution in [-0.4, -0.2) is 25.3 Å². The molecule has 0 aliphatic rings. The van der Waals surface area contributed by atoms with E-state index in [2.05, 4.69) is 11.9 Å². The summed E-state index contributed by atoms with van der Waals surface area (Å²) in [4.78, 5) is 16.6. The maximum Gasteiger partial charge on any atom is 0.347 e. The average molecular weight is 346 g/mol. The van der Waals surface area contributed by atoms with E-state index in [-0.39, 0.29) is 6.61 Å². The first-order valence-electron chi connectivity index (χ1n) is 7.88. The number of nitrogens with zero attached hydrogens (tertiary/aromatic N) is 1. The molecule has 5 heteroatoms. The van der Waals surface area contributed by atoms with Crippen LogP contribution in [-0.2, 0) is 0 Å². The molecule has 0 aromatic heterocycles. The fourth-order valence-electron chi connectivity index (χ4n) is 1.96. The molecule has 0 saturated carbocycles. The number of carbonyl (C=O) groups is 1. The molecule has 4 nitrogen and oxygen atoms in total. The summed E-state index contributed by atoms with van der Waals surface area (Å²) in [6, 6.07) is 13.7. The molecule has 0 N–H and O–H groups in total. The van der Waals surface area contributed by atoms with Crippen molar-refractivity contribution < 1.29 is 14.3 Å². The third kappa shape index (κ3) is 5.70. The summed E-state index contributed by atoms with van der Waals surface area (Å²) in [6.07, 6.45) is 3.84. The lowest BCUT2D eigenvalue weighted by Crippen LogP contribution is -2.11. The van der Waals surface area contributed by atoms with E-state index in [4.69, 9.17) is 21.1 Å². The number of benzene rings is 2. The zero-order chi connectivity index (χ0) is 17.2. The second-order valence-corrected chi connectivity index (χ2v) is 5.53. The topological polar surface area (TPSA) is 47.9 Å². The molecule has 0 heterocycles. The van der Waals surface area contributed by atoms with E-state index in [0.29, 0.717) is 22.1 Å². The molecule has 2 rings (SSSR count). The molecule has 24 heavy (non-hydrogen) atoms. The summed E-state index contributed by atoms with van der Waals surface area (Å²) < 4.78 is 11.0. The highest BCUT2D eigenvalue weighted by atomic mass is 35.5. The quantitative estimate of drug-likeness (QED) is 0.298. The maximum atomic E-state index is 12.3. The van der Waals surface area contributed by atoms with Crippen molar-refractivity contribution in [3.63, 3.8) is 0 Å². The summed E-state index contributed by atoms with van der Waals surface area (Å²) in [5.41, 5.74) is 0.324. The van der Waals surface area contributed by atoms with Crippen molar-refractivity contribution in [1.82, 2.24) is 0 Å². The third-order valence-corrected chi connectivity index (χ3v) is 3.44. The Kier molecular flexibility index (Phi) is 7.30. The molecule has 0 spiro atoms. The van der Waals surface area contributed by atoms with E-state index >= 15 is 0 Å². The van der Waals surface area contributed by atoms with Crippen molar-refractivity contribution in [2.24, 2.45) is 4.99 Å². The molecule has 126 valence electrons. The van der Waals surface area contributed by atoms with Crippen LogP contribution in [0.15, 0.2) is 53.5 Å². The van der Waals surface area contributed by atoms with Gasteiger partial charge in [-0.3, -0.25) is 4.99 Å². The molecule has 0 aliphatic carbocycles. The fourth-order valence-corrected chi connectivity index (χ4v) is 2.12. The Bertz CT molecular complexity index is 686. The monoisotopic (exact) mass is 345 g/mol. The van der Waals surface area contributed by atoms with Gasteiger partial charge in [-0.05, 0) is 36.8 Å². The number of unbranched alkanes of at least 4 members (excludes halogenated alkanes) is 1. The van der Waals surface area contributed by atoms with E-state index in [9.17, 15) is 4.79 Å². The molecule has 0 unspecified atom stereocenters. The van der Waals surface area contributed by atoms with Crippen LogP contribution in [0.5, 0.6) is 11.5 Å². The van der Waals surface area contributed by atoms with Crippen LogP contribution in [0.4, 0.5) is 0 Å². The van der Waals surface area contributed by atoms with Gasteiger partial charge < -0.3 is 9.47 Å². The molecule has 2 aromatic carbocycles. The van der Waals surface area contributed by atoms with Gasteiger partial charge in [-0.2, -0.15) is 0 Å². The van der Waals surface area contributed by atoms with Crippen LogP contribution >= 0.6 is 11.6 Å². The highest BCUT2D eigenvalue weighted by Crippen LogP contribution is 2.25. The Hall–Kier alpha value is -2.33. The zero-order valence-electron chi connectivity index (χ0n) is 13.6. The van der Waals surface area contributed by atoms with Crippen LogP contribution in [0, 0.1) is 0 Å². The van der Waals surface area contributed by atoms with Gasteiger partial charge in [0.25, 0.3) is 0 Å². The number of halogens is 1. The minimum Gasteiger partial charge on any atom is -0.487 e. The molecular formula is C19H20ClNO3. The van der Waals surface area contributed by atoms with Crippen molar-refractivity contribution >= 4 is 23.8 Å². The van der Waals surface area contributed by atoms with Gasteiger partial charge >= 0.3 is 5.97 Å². The summed E-state index contributed by atoms with van der Waals surface area (Å²) in [6.45, 7) is 3.16. The highest BCUT2D eigenvalue weighted by Gasteiger charge is 2.15. The van der Waals surface area contributed by atoms with E-state index in [1.807, 2.05) is 6.07 Å². The van der Waals surface area contributed by atoms with Crippen LogP contribution in [0.3, 0.4) is 0 Å². The lowest BCUT2D eigenvalue weighted by Gasteiger charge is -2.10. The Morgan fingerprint density at radius 1 is 1.21 bits per heavy atom. The van der Waals surface area contributed by atoms with E-state index in [1.165, 1.54) is 0 Å². The van der Waals surface area contributed by atoms with E-state index < -0.39 is 5.97 Å². The van der Waals surface area contributed by atoms with Crippen molar-refractivity contribution in [2.45, 2.75) is 19.8 Å². The van der Waals surface area contributed by atoms with Crippen molar-refractivity contribution in [2.75, 3.05) is 13.2 Å². The molecule has 0 bridgehead atoms. The third-order valence-electron chi connectivity index (χ3n) is 3.20. The molecule has 0 aliphatic heterocycles. The Morgan fingerprint density at radius 3 is 2.75 bits per heavy atom. The minimum absolute atomic E-state index is 0.273. The lowest BCUT2D eigenvalue weighted by molar-refractivity contribution is 0.0731. The number of esters is 1. The number of ether oxygens (including phenoxy) is 2. The molecule has 0 saturated heterocycles. The average Bonchev–Trinajstić information content (AvgIpc) is 2.59. The van der Waals surface area contributed by atoms with Gasteiger partial charge in [0, 0.05) is 17.8 Å². The second kappa shape index (κ2) is 9.73. The van der Waals surface area contributed by atoms with Gasteiger partial charge in [-0.1, -0.05) is 43.1 Å².